The molecule has 42 heavy (non-hydrogen) atoms. The van der Waals surface area contributed by atoms with Crippen LogP contribution < -0.4 is 10.5 Å². The van der Waals surface area contributed by atoms with Gasteiger partial charge in [-0.05, 0) is 66.5 Å². The molecule has 5 rings (SSSR count). The highest BCUT2D eigenvalue weighted by molar-refractivity contribution is 6.22. The maximum absolute atomic E-state index is 13.7. The summed E-state index contributed by atoms with van der Waals surface area (Å²) in [4.78, 5) is 38.1. The summed E-state index contributed by atoms with van der Waals surface area (Å²) < 4.78 is 43.6. The van der Waals surface area contributed by atoms with Crippen molar-refractivity contribution in [3.8, 4) is 22.6 Å². The predicted octanol–water partition coefficient (Wildman–Crippen LogP) is 3.98. The number of carbonyl (C=O) groups excluding carboxylic acids is 3. The second-order valence-electron chi connectivity index (χ2n) is 10.9. The lowest BCUT2D eigenvalue weighted by Crippen LogP contribution is -2.58. The smallest absolute Gasteiger partial charge is 0.389 e. The van der Waals surface area contributed by atoms with Gasteiger partial charge in [-0.3, -0.25) is 14.4 Å². The third kappa shape index (κ3) is 4.59. The van der Waals surface area contributed by atoms with Crippen LogP contribution in [0, 0.1) is 11.8 Å². The zero-order chi connectivity index (χ0) is 30.7. The molecule has 3 aliphatic carbocycles. The highest BCUT2D eigenvalue weighted by Crippen LogP contribution is 2.53. The Balaban J connectivity index is 1.62. The number of ketones is 2. The number of amides is 1. The maximum Gasteiger partial charge on any atom is 0.389 e. The number of ether oxygens (including phenoxy) is 1. The first-order valence-electron chi connectivity index (χ1n) is 13.2. The monoisotopic (exact) mass is 587 g/mol. The zero-order valence-electron chi connectivity index (χ0n) is 22.4. The molecule has 0 saturated heterocycles. The number of aliphatic hydroxyl groups excluding tert-OH is 2. The number of rotatable bonds is 6. The van der Waals surface area contributed by atoms with Crippen molar-refractivity contribution in [2.24, 2.45) is 17.6 Å². The molecule has 1 saturated carbocycles. The minimum absolute atomic E-state index is 0.0351. The van der Waals surface area contributed by atoms with E-state index in [0.717, 1.165) is 0 Å². The van der Waals surface area contributed by atoms with Gasteiger partial charge in [-0.15, -0.1) is 0 Å². The Morgan fingerprint density at radius 1 is 1.10 bits per heavy atom. The number of primary amides is 1. The van der Waals surface area contributed by atoms with Crippen molar-refractivity contribution < 1.29 is 52.7 Å². The molecule has 3 aliphatic rings. The van der Waals surface area contributed by atoms with E-state index in [9.17, 15) is 48.0 Å². The van der Waals surface area contributed by atoms with Gasteiger partial charge in [0.05, 0.1) is 12.7 Å². The second-order valence-corrected chi connectivity index (χ2v) is 10.9. The van der Waals surface area contributed by atoms with Gasteiger partial charge in [0.15, 0.2) is 11.4 Å². The van der Waals surface area contributed by atoms with E-state index in [4.69, 9.17) is 10.5 Å². The van der Waals surface area contributed by atoms with Gasteiger partial charge in [0.1, 0.15) is 28.6 Å². The molecule has 6 N–H and O–H groups in total. The summed E-state index contributed by atoms with van der Waals surface area (Å²) in [6.07, 6.45) is -5.62. The number of hydrogen-bond acceptors (Lipinski definition) is 8. The van der Waals surface area contributed by atoms with Crippen LogP contribution in [0.2, 0.25) is 0 Å². The number of phenols is 1. The van der Waals surface area contributed by atoms with Crippen LogP contribution in [-0.2, 0) is 27.2 Å². The molecule has 0 heterocycles. The molecule has 1 amide bonds. The minimum atomic E-state index is -4.28. The van der Waals surface area contributed by atoms with Crippen LogP contribution in [0.3, 0.4) is 0 Å². The maximum atomic E-state index is 13.7. The van der Waals surface area contributed by atoms with E-state index in [2.05, 4.69) is 0 Å². The topological polar surface area (TPSA) is 167 Å². The van der Waals surface area contributed by atoms with Gasteiger partial charge in [-0.25, -0.2) is 0 Å². The van der Waals surface area contributed by atoms with Crippen LogP contribution in [0.5, 0.6) is 11.5 Å². The van der Waals surface area contributed by atoms with Crippen molar-refractivity contribution in [3.05, 3.63) is 63.9 Å². The SMILES string of the molecule is COc1ccc(CCCC(F)(F)F)cc1-c1ccc(O)c2c1C[C@H]1C[C@H]3CC(=O)C(C(N)=O)=C(O)[C@@]3(O)C(=O)C1=C2O. The number of methoxy groups -OCH3 is 1. The third-order valence-electron chi connectivity index (χ3n) is 8.43. The summed E-state index contributed by atoms with van der Waals surface area (Å²) >= 11 is 0. The lowest BCUT2D eigenvalue weighted by Gasteiger charge is -2.46. The van der Waals surface area contributed by atoms with Crippen LogP contribution in [0.1, 0.15) is 42.4 Å². The molecule has 0 spiro atoms. The van der Waals surface area contributed by atoms with Crippen molar-refractivity contribution in [1.82, 2.24) is 0 Å². The molecular formula is C30H28F3NO8. The lowest BCUT2D eigenvalue weighted by molar-refractivity contribution is -0.147. The van der Waals surface area contributed by atoms with E-state index >= 15 is 0 Å². The highest BCUT2D eigenvalue weighted by atomic mass is 19.4. The summed E-state index contributed by atoms with van der Waals surface area (Å²) in [6, 6.07) is 7.81. The van der Waals surface area contributed by atoms with E-state index in [1.807, 2.05) is 0 Å². The lowest BCUT2D eigenvalue weighted by atomic mass is 9.59. The molecule has 0 unspecified atom stereocenters. The average molecular weight is 588 g/mol. The van der Waals surface area contributed by atoms with Gasteiger partial charge < -0.3 is 30.9 Å². The summed E-state index contributed by atoms with van der Waals surface area (Å²) in [5.41, 5.74) is 3.33. The first kappa shape index (κ1) is 29.2. The quantitative estimate of drug-likeness (QED) is 0.316. The summed E-state index contributed by atoms with van der Waals surface area (Å²) in [5, 5.41) is 44.2. The first-order chi connectivity index (χ1) is 19.7. The van der Waals surface area contributed by atoms with Crippen molar-refractivity contribution in [2.75, 3.05) is 7.11 Å². The molecule has 0 aliphatic heterocycles. The normalized spacial score (nSPS) is 23.8. The number of benzene rings is 2. The standard InChI is InChI=1S/C30H28F3NO8/c1-42-21-7-4-13(3-2-8-29(31,32)33)9-17(21)16-5-6-19(35)23-18(16)11-14-10-15-12-20(36)24(28(34)40)27(39)30(15,41)26(38)22(14)25(23)37/h4-7,9,14-15,35,37,39,41H,2-3,8,10-12H2,1H3,(H2,34,40)/t14-,15+,30+/m1/s1. The Morgan fingerprint density at radius 2 is 1.81 bits per heavy atom. The zero-order valence-corrected chi connectivity index (χ0v) is 22.4. The van der Waals surface area contributed by atoms with Gasteiger partial charge in [0, 0.05) is 29.9 Å². The molecule has 0 bridgehead atoms. The molecule has 12 heteroatoms. The molecule has 9 nitrogen and oxygen atoms in total. The van der Waals surface area contributed by atoms with E-state index in [1.54, 1.807) is 24.3 Å². The number of nitrogens with two attached hydrogens (primary N) is 1. The number of carbonyl (C=O) groups is 3. The Labute approximate surface area is 237 Å². The summed E-state index contributed by atoms with van der Waals surface area (Å²) in [5.74, 6) is -6.87. The molecule has 2 aromatic rings. The number of phenolic OH excluding ortho intramolecular Hbond substituents is 1. The number of aliphatic hydroxyl groups is 3. The fourth-order valence-electron chi connectivity index (χ4n) is 6.49. The number of halogens is 3. The Hall–Kier alpha value is -4.32. The fraction of sp³-hybridized carbons (Fsp3) is 0.367. The van der Waals surface area contributed by atoms with Crippen LogP contribution in [0.15, 0.2) is 47.2 Å². The molecule has 0 aromatic heterocycles. The first-order valence-corrected chi connectivity index (χ1v) is 13.2. The number of hydrogen-bond donors (Lipinski definition) is 5. The van der Waals surface area contributed by atoms with Gasteiger partial charge in [0.2, 0.25) is 5.78 Å². The van der Waals surface area contributed by atoms with Crippen LogP contribution >= 0.6 is 0 Å². The van der Waals surface area contributed by atoms with Crippen molar-refractivity contribution >= 4 is 23.2 Å². The van der Waals surface area contributed by atoms with Crippen LogP contribution in [0.4, 0.5) is 13.2 Å². The fourth-order valence-corrected chi connectivity index (χ4v) is 6.49. The Kier molecular flexibility index (Phi) is 7.08. The van der Waals surface area contributed by atoms with Crippen LogP contribution in [-0.4, -0.2) is 56.8 Å². The van der Waals surface area contributed by atoms with Gasteiger partial charge in [-0.1, -0.05) is 12.1 Å². The van der Waals surface area contributed by atoms with Crippen LogP contribution in [0.25, 0.3) is 16.9 Å². The molecule has 0 radical (unpaired) electrons. The van der Waals surface area contributed by atoms with Crippen molar-refractivity contribution in [1.29, 1.82) is 0 Å². The Bertz CT molecular complexity index is 1590. The number of Topliss-reactive ketones (excluding diaryl/α,β-unsaturated/α-hetero) is 2. The summed E-state index contributed by atoms with van der Waals surface area (Å²) in [7, 11) is 1.42. The molecule has 222 valence electrons. The molecule has 3 atom stereocenters. The van der Waals surface area contributed by atoms with E-state index in [1.165, 1.54) is 13.2 Å². The Morgan fingerprint density at radius 3 is 2.45 bits per heavy atom. The second kappa shape index (κ2) is 10.2. The summed E-state index contributed by atoms with van der Waals surface area (Å²) in [6.45, 7) is 0. The van der Waals surface area contributed by atoms with Gasteiger partial charge in [0.25, 0.3) is 5.91 Å². The predicted molar refractivity (Wildman–Crippen MR) is 142 cm³/mol. The highest BCUT2D eigenvalue weighted by Gasteiger charge is 2.60. The average Bonchev–Trinajstić information content (AvgIpc) is 2.90. The van der Waals surface area contributed by atoms with Crippen molar-refractivity contribution in [3.63, 3.8) is 0 Å². The molecule has 1 fully saturated rings. The minimum Gasteiger partial charge on any atom is -0.508 e. The van der Waals surface area contributed by atoms with Gasteiger partial charge >= 0.3 is 6.18 Å². The van der Waals surface area contributed by atoms with E-state index < -0.39 is 71.0 Å². The molecular weight excluding hydrogens is 559 g/mol. The van der Waals surface area contributed by atoms with E-state index in [0.29, 0.717) is 28.0 Å². The van der Waals surface area contributed by atoms with Gasteiger partial charge in [-0.2, -0.15) is 13.2 Å². The number of alkyl halides is 3. The number of aryl methyl sites for hydroxylation is 1. The molecule has 2 aromatic carbocycles. The van der Waals surface area contributed by atoms with Crippen molar-refractivity contribution in [2.45, 2.75) is 50.3 Å². The number of aromatic hydroxyl groups is 1. The number of fused-ring (bicyclic) bond motifs is 3. The largest absolute Gasteiger partial charge is 0.508 e. The third-order valence-corrected chi connectivity index (χ3v) is 8.43. The van der Waals surface area contributed by atoms with E-state index in [-0.39, 0.29) is 42.6 Å².